The summed E-state index contributed by atoms with van der Waals surface area (Å²) in [5.41, 5.74) is 1.09. The van der Waals surface area contributed by atoms with Gasteiger partial charge < -0.3 is 9.80 Å². The topological polar surface area (TPSA) is 70.0 Å². The fourth-order valence-corrected chi connectivity index (χ4v) is 2.61. The molecule has 0 spiro atoms. The zero-order chi connectivity index (χ0) is 15.0. The van der Waals surface area contributed by atoms with Crippen LogP contribution in [0.15, 0.2) is 29.3 Å². The molecule has 0 aromatic heterocycles. The third-order valence-corrected chi connectivity index (χ3v) is 4.11. The van der Waals surface area contributed by atoms with Crippen molar-refractivity contribution in [2.45, 2.75) is 18.4 Å². The minimum Gasteiger partial charge on any atom is -0.336 e. The number of carbonyl (C=O) groups excluding carboxylic acids is 3. The molecule has 1 saturated heterocycles. The fraction of sp³-hybridized carbons (Fsp3) is 0.400. The number of isocyanates is 1. The number of aliphatic imine (C=N–C) groups is 1. The molecule has 6 nitrogen and oxygen atoms in total. The molecule has 0 bridgehead atoms. The Balaban J connectivity index is 1.92. The van der Waals surface area contributed by atoms with E-state index in [0.29, 0.717) is 18.8 Å². The van der Waals surface area contributed by atoms with Crippen LogP contribution in [0.2, 0.25) is 0 Å². The van der Waals surface area contributed by atoms with E-state index in [-0.39, 0.29) is 0 Å². The molecule has 108 valence electrons. The predicted octanol–water partition coefficient (Wildman–Crippen LogP) is 0.817. The van der Waals surface area contributed by atoms with Gasteiger partial charge in [0.25, 0.3) is 0 Å². The van der Waals surface area contributed by atoms with Crippen molar-refractivity contribution in [2.75, 3.05) is 25.0 Å². The molecule has 1 heterocycles. The van der Waals surface area contributed by atoms with Crippen LogP contribution in [0.5, 0.6) is 0 Å². The number of nitrogens with zero attached hydrogens (tertiary/aromatic N) is 3. The summed E-state index contributed by atoms with van der Waals surface area (Å²) in [6.45, 7) is 0.973. The standard InChI is InChI=1S/C15H15N3O3/c1-17-7-8-18(14(21)13(17)20)12-4-2-3-11(9-12)15(5-6-15)16-10-19/h2-4,9H,5-8H2,1H3. The lowest BCUT2D eigenvalue weighted by Crippen LogP contribution is -2.53. The van der Waals surface area contributed by atoms with Gasteiger partial charge in [-0.1, -0.05) is 12.1 Å². The van der Waals surface area contributed by atoms with Crippen molar-refractivity contribution in [2.24, 2.45) is 4.99 Å². The molecule has 21 heavy (non-hydrogen) atoms. The Labute approximate surface area is 122 Å². The maximum atomic E-state index is 12.1. The number of carbonyl (C=O) groups is 2. The molecule has 6 heteroatoms. The number of piperazine rings is 1. The highest BCUT2D eigenvalue weighted by Gasteiger charge is 2.45. The highest BCUT2D eigenvalue weighted by molar-refractivity contribution is 6.40. The van der Waals surface area contributed by atoms with Crippen LogP contribution in [0.1, 0.15) is 18.4 Å². The zero-order valence-electron chi connectivity index (χ0n) is 11.7. The quantitative estimate of drug-likeness (QED) is 0.469. The molecule has 0 N–H and O–H groups in total. The van der Waals surface area contributed by atoms with Crippen LogP contribution in [-0.2, 0) is 19.9 Å². The van der Waals surface area contributed by atoms with Crippen LogP contribution in [0.3, 0.4) is 0 Å². The predicted molar refractivity (Wildman–Crippen MR) is 75.5 cm³/mol. The molecule has 2 amide bonds. The molecule has 2 fully saturated rings. The molecule has 1 aromatic carbocycles. The van der Waals surface area contributed by atoms with Crippen LogP contribution in [0.25, 0.3) is 0 Å². The molecular formula is C15H15N3O3. The summed E-state index contributed by atoms with van der Waals surface area (Å²) in [6.07, 6.45) is 3.24. The van der Waals surface area contributed by atoms with Crippen LogP contribution in [0, 0.1) is 0 Å². The average molecular weight is 285 g/mol. The summed E-state index contributed by atoms with van der Waals surface area (Å²) >= 11 is 0. The highest BCUT2D eigenvalue weighted by Crippen LogP contribution is 2.49. The van der Waals surface area contributed by atoms with Gasteiger partial charge in [-0.05, 0) is 30.5 Å². The molecule has 1 aromatic rings. The van der Waals surface area contributed by atoms with Gasteiger partial charge in [-0.2, -0.15) is 4.99 Å². The zero-order valence-corrected chi connectivity index (χ0v) is 11.7. The largest absolute Gasteiger partial charge is 0.336 e. The molecule has 2 aliphatic rings. The van der Waals surface area contributed by atoms with E-state index in [1.54, 1.807) is 19.2 Å². The summed E-state index contributed by atoms with van der Waals surface area (Å²) in [5, 5.41) is 0. The van der Waals surface area contributed by atoms with E-state index >= 15 is 0 Å². The van der Waals surface area contributed by atoms with Crippen molar-refractivity contribution in [1.82, 2.24) is 4.90 Å². The Bertz CT molecular complexity index is 660. The van der Waals surface area contributed by atoms with E-state index in [1.165, 1.54) is 9.80 Å². The van der Waals surface area contributed by atoms with E-state index < -0.39 is 17.4 Å². The molecule has 3 rings (SSSR count). The van der Waals surface area contributed by atoms with Gasteiger partial charge in [-0.3, -0.25) is 9.59 Å². The average Bonchev–Trinajstić information content (AvgIpc) is 3.26. The van der Waals surface area contributed by atoms with Gasteiger partial charge >= 0.3 is 11.8 Å². The number of amides is 2. The number of rotatable bonds is 3. The number of benzene rings is 1. The summed E-state index contributed by atoms with van der Waals surface area (Å²) in [4.78, 5) is 41.2. The summed E-state index contributed by atoms with van der Waals surface area (Å²) in [5.74, 6) is -1.02. The Morgan fingerprint density at radius 3 is 2.62 bits per heavy atom. The minimum atomic E-state index is -0.523. The third-order valence-electron chi connectivity index (χ3n) is 4.11. The second-order valence-electron chi connectivity index (χ2n) is 5.47. The first kappa shape index (κ1) is 13.5. The normalized spacial score (nSPS) is 20.2. The minimum absolute atomic E-state index is 0.467. The number of hydrogen-bond acceptors (Lipinski definition) is 4. The first-order valence-electron chi connectivity index (χ1n) is 6.84. The Morgan fingerprint density at radius 1 is 1.19 bits per heavy atom. The van der Waals surface area contributed by atoms with Crippen LogP contribution >= 0.6 is 0 Å². The third kappa shape index (κ3) is 2.23. The molecule has 0 radical (unpaired) electrons. The van der Waals surface area contributed by atoms with E-state index in [0.717, 1.165) is 18.4 Å². The summed E-state index contributed by atoms with van der Waals surface area (Å²) < 4.78 is 0. The Morgan fingerprint density at radius 2 is 1.95 bits per heavy atom. The van der Waals surface area contributed by atoms with E-state index in [4.69, 9.17) is 0 Å². The van der Waals surface area contributed by atoms with Crippen molar-refractivity contribution in [3.8, 4) is 0 Å². The summed E-state index contributed by atoms with van der Waals surface area (Å²) in [6, 6.07) is 7.34. The van der Waals surface area contributed by atoms with Gasteiger partial charge in [-0.25, -0.2) is 4.79 Å². The van der Waals surface area contributed by atoms with Crippen LogP contribution in [-0.4, -0.2) is 42.9 Å². The van der Waals surface area contributed by atoms with Gasteiger partial charge in [0, 0.05) is 25.8 Å². The molecule has 0 atom stereocenters. The Hall–Kier alpha value is -2.46. The molecule has 1 aliphatic heterocycles. The molecular weight excluding hydrogens is 270 g/mol. The number of likely N-dealkylation sites (N-methyl/N-ethyl adjacent to an activating group) is 1. The summed E-state index contributed by atoms with van der Waals surface area (Å²) in [7, 11) is 1.62. The van der Waals surface area contributed by atoms with Crippen LogP contribution < -0.4 is 4.90 Å². The maximum absolute atomic E-state index is 12.1. The van der Waals surface area contributed by atoms with E-state index in [2.05, 4.69) is 4.99 Å². The van der Waals surface area contributed by atoms with E-state index in [9.17, 15) is 14.4 Å². The lowest BCUT2D eigenvalue weighted by Gasteiger charge is -2.31. The second-order valence-corrected chi connectivity index (χ2v) is 5.47. The first-order chi connectivity index (χ1) is 10.1. The van der Waals surface area contributed by atoms with Gasteiger partial charge in [0.15, 0.2) is 0 Å². The van der Waals surface area contributed by atoms with Gasteiger partial charge in [0.1, 0.15) is 0 Å². The number of hydrogen-bond donors (Lipinski definition) is 0. The van der Waals surface area contributed by atoms with Crippen molar-refractivity contribution in [3.05, 3.63) is 29.8 Å². The molecule has 1 saturated carbocycles. The van der Waals surface area contributed by atoms with Gasteiger partial charge in [0.2, 0.25) is 6.08 Å². The SMILES string of the molecule is CN1CCN(c2cccc(C3(N=C=O)CC3)c2)C(=O)C1=O. The molecule has 0 unspecified atom stereocenters. The van der Waals surface area contributed by atoms with E-state index in [1.807, 2.05) is 18.2 Å². The smallest absolute Gasteiger partial charge is 0.316 e. The molecule has 1 aliphatic carbocycles. The van der Waals surface area contributed by atoms with Crippen molar-refractivity contribution >= 4 is 23.6 Å². The monoisotopic (exact) mass is 285 g/mol. The lowest BCUT2D eigenvalue weighted by atomic mass is 10.0. The maximum Gasteiger partial charge on any atom is 0.316 e. The van der Waals surface area contributed by atoms with Crippen molar-refractivity contribution < 1.29 is 14.4 Å². The van der Waals surface area contributed by atoms with Gasteiger partial charge in [0.05, 0.1) is 5.54 Å². The van der Waals surface area contributed by atoms with Crippen molar-refractivity contribution in [1.29, 1.82) is 0 Å². The van der Waals surface area contributed by atoms with Crippen molar-refractivity contribution in [3.63, 3.8) is 0 Å². The van der Waals surface area contributed by atoms with Gasteiger partial charge in [-0.15, -0.1) is 0 Å². The Kier molecular flexibility index (Phi) is 3.11. The second kappa shape index (κ2) is 4.82. The fourth-order valence-electron chi connectivity index (χ4n) is 2.61. The van der Waals surface area contributed by atoms with Crippen LogP contribution in [0.4, 0.5) is 5.69 Å². The number of anilines is 1. The first-order valence-corrected chi connectivity index (χ1v) is 6.84. The lowest BCUT2D eigenvalue weighted by molar-refractivity contribution is -0.145. The highest BCUT2D eigenvalue weighted by atomic mass is 16.2.